The van der Waals surface area contributed by atoms with E-state index in [2.05, 4.69) is 18.3 Å². The van der Waals surface area contributed by atoms with Crippen molar-refractivity contribution in [1.29, 1.82) is 0 Å². The Balaban J connectivity index is 2.28. The molecule has 0 radical (unpaired) electrons. The van der Waals surface area contributed by atoms with E-state index < -0.39 is 0 Å². The van der Waals surface area contributed by atoms with E-state index in [4.69, 9.17) is 5.11 Å². The minimum atomic E-state index is -0.283. The molecule has 1 fully saturated rings. The standard InChI is InChI=1S/C15H22N2O2/c1-10-6-11(2)8-13(7-10)17-9-12(3)16-14(4-5-18)15(17)19/h6-8,12,14,16,18H,4-5,9H2,1-3H3. The van der Waals surface area contributed by atoms with E-state index in [0.29, 0.717) is 13.0 Å². The number of nitrogens with one attached hydrogen (secondary N) is 1. The Hall–Kier alpha value is -1.39. The Morgan fingerprint density at radius 3 is 2.53 bits per heavy atom. The van der Waals surface area contributed by atoms with E-state index in [1.165, 1.54) is 0 Å². The summed E-state index contributed by atoms with van der Waals surface area (Å²) in [5, 5.41) is 12.3. The van der Waals surface area contributed by atoms with Crippen molar-refractivity contribution in [1.82, 2.24) is 5.32 Å². The summed E-state index contributed by atoms with van der Waals surface area (Å²) in [5.74, 6) is 0.0529. The van der Waals surface area contributed by atoms with E-state index in [0.717, 1.165) is 16.8 Å². The predicted molar refractivity (Wildman–Crippen MR) is 76.4 cm³/mol. The molecule has 2 rings (SSSR count). The summed E-state index contributed by atoms with van der Waals surface area (Å²) >= 11 is 0. The van der Waals surface area contributed by atoms with Gasteiger partial charge in [0, 0.05) is 24.9 Å². The van der Waals surface area contributed by atoms with Crippen molar-refractivity contribution in [3.05, 3.63) is 29.3 Å². The second kappa shape index (κ2) is 5.72. The van der Waals surface area contributed by atoms with Gasteiger partial charge in [-0.05, 0) is 50.5 Å². The zero-order valence-electron chi connectivity index (χ0n) is 11.8. The van der Waals surface area contributed by atoms with Crippen molar-refractivity contribution < 1.29 is 9.90 Å². The van der Waals surface area contributed by atoms with Crippen LogP contribution in [0.1, 0.15) is 24.5 Å². The molecule has 1 amide bonds. The number of aliphatic hydroxyl groups is 1. The van der Waals surface area contributed by atoms with Crippen LogP contribution < -0.4 is 10.2 Å². The van der Waals surface area contributed by atoms with Crippen molar-refractivity contribution in [2.24, 2.45) is 0 Å². The third kappa shape index (κ3) is 3.14. The second-order valence-corrected chi connectivity index (χ2v) is 5.43. The van der Waals surface area contributed by atoms with Gasteiger partial charge in [0.25, 0.3) is 0 Å². The topological polar surface area (TPSA) is 52.6 Å². The molecule has 1 aromatic rings. The zero-order valence-corrected chi connectivity index (χ0v) is 11.8. The van der Waals surface area contributed by atoms with Crippen molar-refractivity contribution in [3.63, 3.8) is 0 Å². The summed E-state index contributed by atoms with van der Waals surface area (Å²) in [7, 11) is 0. The van der Waals surface area contributed by atoms with E-state index >= 15 is 0 Å². The third-order valence-electron chi connectivity index (χ3n) is 3.44. The minimum absolute atomic E-state index is 0.0246. The molecule has 104 valence electrons. The highest BCUT2D eigenvalue weighted by Crippen LogP contribution is 2.22. The Morgan fingerprint density at radius 2 is 1.95 bits per heavy atom. The molecule has 1 aliphatic heterocycles. The maximum Gasteiger partial charge on any atom is 0.244 e. The highest BCUT2D eigenvalue weighted by molar-refractivity contribution is 5.98. The molecule has 4 nitrogen and oxygen atoms in total. The lowest BCUT2D eigenvalue weighted by molar-refractivity contribution is -0.122. The smallest absolute Gasteiger partial charge is 0.244 e. The molecule has 0 spiro atoms. The van der Waals surface area contributed by atoms with Gasteiger partial charge in [0.05, 0.1) is 6.04 Å². The fraction of sp³-hybridized carbons (Fsp3) is 0.533. The number of carbonyl (C=O) groups is 1. The first-order valence-corrected chi connectivity index (χ1v) is 6.78. The Labute approximate surface area is 114 Å². The number of anilines is 1. The molecule has 0 aromatic heterocycles. The van der Waals surface area contributed by atoms with Gasteiger partial charge in [0.2, 0.25) is 5.91 Å². The summed E-state index contributed by atoms with van der Waals surface area (Å²) in [4.78, 5) is 14.3. The van der Waals surface area contributed by atoms with Crippen LogP contribution in [-0.4, -0.2) is 36.2 Å². The molecule has 2 unspecified atom stereocenters. The first-order chi connectivity index (χ1) is 9.01. The monoisotopic (exact) mass is 262 g/mol. The average molecular weight is 262 g/mol. The number of amides is 1. The predicted octanol–water partition coefficient (Wildman–Crippen LogP) is 1.38. The van der Waals surface area contributed by atoms with Crippen LogP contribution in [0.25, 0.3) is 0 Å². The first kappa shape index (κ1) is 14.0. The van der Waals surface area contributed by atoms with E-state index in [9.17, 15) is 4.79 Å². The van der Waals surface area contributed by atoms with Gasteiger partial charge in [-0.2, -0.15) is 0 Å². The van der Waals surface area contributed by atoms with Crippen LogP contribution in [0.15, 0.2) is 18.2 Å². The van der Waals surface area contributed by atoms with Crippen LogP contribution in [0.4, 0.5) is 5.69 Å². The molecule has 0 aliphatic carbocycles. The highest BCUT2D eigenvalue weighted by atomic mass is 16.3. The maximum atomic E-state index is 12.4. The number of hydrogen-bond acceptors (Lipinski definition) is 3. The minimum Gasteiger partial charge on any atom is -0.396 e. The van der Waals surface area contributed by atoms with Gasteiger partial charge >= 0.3 is 0 Å². The van der Waals surface area contributed by atoms with Gasteiger partial charge < -0.3 is 15.3 Å². The number of nitrogens with zero attached hydrogens (tertiary/aromatic N) is 1. The molecule has 1 aromatic carbocycles. The van der Waals surface area contributed by atoms with Gasteiger partial charge in [-0.3, -0.25) is 4.79 Å². The fourth-order valence-corrected chi connectivity index (χ4v) is 2.69. The molecule has 1 aliphatic rings. The van der Waals surface area contributed by atoms with Gasteiger partial charge in [-0.1, -0.05) is 6.07 Å². The van der Waals surface area contributed by atoms with Crippen LogP contribution in [0.3, 0.4) is 0 Å². The van der Waals surface area contributed by atoms with Crippen molar-refractivity contribution in [2.75, 3.05) is 18.1 Å². The van der Waals surface area contributed by atoms with E-state index in [1.54, 1.807) is 0 Å². The number of aliphatic hydroxyl groups excluding tert-OH is 1. The van der Waals surface area contributed by atoms with Crippen LogP contribution in [0.2, 0.25) is 0 Å². The SMILES string of the molecule is Cc1cc(C)cc(N2CC(C)NC(CCO)C2=O)c1. The van der Waals surface area contributed by atoms with Gasteiger partial charge in [-0.25, -0.2) is 0 Å². The van der Waals surface area contributed by atoms with Gasteiger partial charge in [-0.15, -0.1) is 0 Å². The highest BCUT2D eigenvalue weighted by Gasteiger charge is 2.32. The molecule has 2 N–H and O–H groups in total. The molecule has 0 saturated carbocycles. The lowest BCUT2D eigenvalue weighted by Gasteiger charge is -2.37. The number of rotatable bonds is 3. The Morgan fingerprint density at radius 1 is 1.32 bits per heavy atom. The number of aryl methyl sites for hydroxylation is 2. The summed E-state index contributed by atoms with van der Waals surface area (Å²) in [6.45, 7) is 6.84. The Kier molecular flexibility index (Phi) is 4.22. The number of benzene rings is 1. The quantitative estimate of drug-likeness (QED) is 0.865. The molecule has 19 heavy (non-hydrogen) atoms. The van der Waals surface area contributed by atoms with Crippen LogP contribution in [0, 0.1) is 13.8 Å². The van der Waals surface area contributed by atoms with E-state index in [1.807, 2.05) is 30.9 Å². The summed E-state index contributed by atoms with van der Waals surface area (Å²) in [5.41, 5.74) is 3.28. The number of carbonyl (C=O) groups excluding carboxylic acids is 1. The molecule has 1 saturated heterocycles. The molecule has 2 atom stereocenters. The summed E-state index contributed by atoms with van der Waals surface area (Å²) in [6.07, 6.45) is 0.463. The van der Waals surface area contributed by atoms with Crippen molar-refractivity contribution >= 4 is 11.6 Å². The summed E-state index contributed by atoms with van der Waals surface area (Å²) < 4.78 is 0. The lowest BCUT2D eigenvalue weighted by Crippen LogP contribution is -2.59. The lowest BCUT2D eigenvalue weighted by atomic mass is 10.0. The normalized spacial score (nSPS) is 23.8. The Bertz CT molecular complexity index is 453. The first-order valence-electron chi connectivity index (χ1n) is 6.78. The average Bonchev–Trinajstić information content (AvgIpc) is 2.32. The van der Waals surface area contributed by atoms with Crippen LogP contribution in [-0.2, 0) is 4.79 Å². The number of piperazine rings is 1. The zero-order chi connectivity index (χ0) is 14.0. The molecular formula is C15H22N2O2. The maximum absolute atomic E-state index is 12.4. The van der Waals surface area contributed by atoms with Crippen molar-refractivity contribution in [3.8, 4) is 0 Å². The van der Waals surface area contributed by atoms with Crippen LogP contribution >= 0.6 is 0 Å². The van der Waals surface area contributed by atoms with Crippen molar-refractivity contribution in [2.45, 2.75) is 39.3 Å². The molecule has 4 heteroatoms. The second-order valence-electron chi connectivity index (χ2n) is 5.43. The molecule has 0 bridgehead atoms. The fourth-order valence-electron chi connectivity index (χ4n) is 2.69. The summed E-state index contributed by atoms with van der Waals surface area (Å²) in [6, 6.07) is 6.13. The van der Waals surface area contributed by atoms with Gasteiger partial charge in [0.15, 0.2) is 0 Å². The molecular weight excluding hydrogens is 240 g/mol. The van der Waals surface area contributed by atoms with Gasteiger partial charge in [0.1, 0.15) is 0 Å². The molecule has 1 heterocycles. The number of hydrogen-bond donors (Lipinski definition) is 2. The third-order valence-corrected chi connectivity index (χ3v) is 3.44. The van der Waals surface area contributed by atoms with E-state index in [-0.39, 0.29) is 24.6 Å². The van der Waals surface area contributed by atoms with Crippen LogP contribution in [0.5, 0.6) is 0 Å². The largest absolute Gasteiger partial charge is 0.396 e.